The van der Waals surface area contributed by atoms with Gasteiger partial charge in [-0.15, -0.1) is 0 Å². The third-order valence-electron chi connectivity index (χ3n) is 3.85. The average Bonchev–Trinajstić information content (AvgIpc) is 2.69. The van der Waals surface area contributed by atoms with Crippen LogP contribution in [0.5, 0.6) is 11.5 Å². The highest BCUT2D eigenvalue weighted by Gasteiger charge is 2.15. The minimum Gasteiger partial charge on any atom is -0.493 e. The molecule has 6 nitrogen and oxygen atoms in total. The lowest BCUT2D eigenvalue weighted by Gasteiger charge is -2.16. The van der Waals surface area contributed by atoms with Crippen LogP contribution in [0.25, 0.3) is 0 Å². The number of nitrogens with zero attached hydrogens (tertiary/aromatic N) is 1. The summed E-state index contributed by atoms with van der Waals surface area (Å²) >= 11 is 3.35. The highest BCUT2D eigenvalue weighted by atomic mass is 79.9. The number of hydrogen-bond acceptors (Lipinski definition) is 5. The Hall–Kier alpha value is -2.98. The minimum absolute atomic E-state index is 0.0229. The van der Waals surface area contributed by atoms with Crippen molar-refractivity contribution in [3.63, 3.8) is 0 Å². The summed E-state index contributed by atoms with van der Waals surface area (Å²) in [4.78, 5) is 12.4. The maximum Gasteiger partial charge on any atom is 0.263 e. The first-order chi connectivity index (χ1) is 13.0. The van der Waals surface area contributed by atoms with Crippen molar-refractivity contribution in [3.05, 3.63) is 64.3 Å². The fourth-order valence-electron chi connectivity index (χ4n) is 2.33. The molecule has 0 bridgehead atoms. The standard InChI is InChI=1S/C20H20BrN3O3/c1-13(14-4-9-18(26-2)19(10-14)27-3)24-20(25)15(11-22)12-23-17-7-5-16(21)6-8-17/h4-10,12-13,23H,1-3H3,(H,24,25)/b15-12-. The Labute approximate surface area is 166 Å². The Morgan fingerprint density at radius 1 is 1.15 bits per heavy atom. The second-order valence-corrected chi connectivity index (χ2v) is 6.55. The molecule has 2 rings (SSSR count). The van der Waals surface area contributed by atoms with Crippen LogP contribution in [0.15, 0.2) is 58.7 Å². The van der Waals surface area contributed by atoms with Crippen molar-refractivity contribution in [3.8, 4) is 17.6 Å². The maximum atomic E-state index is 12.4. The molecule has 0 spiro atoms. The number of carbonyl (C=O) groups excluding carboxylic acids is 1. The molecule has 0 aliphatic heterocycles. The molecule has 140 valence electrons. The maximum absolute atomic E-state index is 12.4. The molecule has 0 saturated heterocycles. The number of halogens is 1. The predicted molar refractivity (Wildman–Crippen MR) is 108 cm³/mol. The molecule has 1 unspecified atom stereocenters. The van der Waals surface area contributed by atoms with E-state index in [-0.39, 0.29) is 11.6 Å². The van der Waals surface area contributed by atoms with Gasteiger partial charge in [-0.2, -0.15) is 5.26 Å². The summed E-state index contributed by atoms with van der Waals surface area (Å²) in [6.45, 7) is 1.83. The molecule has 27 heavy (non-hydrogen) atoms. The van der Waals surface area contributed by atoms with Gasteiger partial charge in [0.05, 0.1) is 20.3 Å². The lowest BCUT2D eigenvalue weighted by molar-refractivity contribution is -0.117. The first-order valence-corrected chi connectivity index (χ1v) is 8.93. The van der Waals surface area contributed by atoms with Gasteiger partial charge in [-0.3, -0.25) is 4.79 Å². The molecular weight excluding hydrogens is 410 g/mol. The van der Waals surface area contributed by atoms with E-state index < -0.39 is 5.91 Å². The number of nitriles is 1. The van der Waals surface area contributed by atoms with E-state index in [0.29, 0.717) is 11.5 Å². The number of amides is 1. The van der Waals surface area contributed by atoms with Crippen LogP contribution in [0.3, 0.4) is 0 Å². The van der Waals surface area contributed by atoms with Crippen molar-refractivity contribution in [1.29, 1.82) is 5.26 Å². The van der Waals surface area contributed by atoms with Gasteiger partial charge in [-0.25, -0.2) is 0 Å². The zero-order valence-electron chi connectivity index (χ0n) is 15.2. The molecule has 1 atom stereocenters. The molecule has 2 aromatic carbocycles. The molecule has 0 aliphatic rings. The van der Waals surface area contributed by atoms with Crippen molar-refractivity contribution in [2.24, 2.45) is 0 Å². The summed E-state index contributed by atoms with van der Waals surface area (Å²) in [7, 11) is 3.11. The van der Waals surface area contributed by atoms with Crippen LogP contribution in [0.1, 0.15) is 18.5 Å². The van der Waals surface area contributed by atoms with Crippen LogP contribution in [0.4, 0.5) is 5.69 Å². The van der Waals surface area contributed by atoms with Crippen molar-refractivity contribution in [2.75, 3.05) is 19.5 Å². The molecule has 1 amide bonds. The molecule has 0 radical (unpaired) electrons. The molecule has 0 aromatic heterocycles. The number of rotatable bonds is 7. The van der Waals surface area contributed by atoms with E-state index in [1.807, 2.05) is 43.3 Å². The second kappa shape index (κ2) is 9.64. The zero-order valence-corrected chi connectivity index (χ0v) is 16.8. The Morgan fingerprint density at radius 2 is 1.81 bits per heavy atom. The van der Waals surface area contributed by atoms with E-state index in [2.05, 4.69) is 26.6 Å². The Kier molecular flexibility index (Phi) is 7.26. The van der Waals surface area contributed by atoms with Gasteiger partial charge >= 0.3 is 0 Å². The van der Waals surface area contributed by atoms with Crippen LogP contribution in [0.2, 0.25) is 0 Å². The second-order valence-electron chi connectivity index (χ2n) is 5.63. The van der Waals surface area contributed by atoms with Crippen molar-refractivity contribution in [2.45, 2.75) is 13.0 Å². The minimum atomic E-state index is -0.468. The van der Waals surface area contributed by atoms with Gasteiger partial charge in [-0.05, 0) is 48.9 Å². The van der Waals surface area contributed by atoms with Gasteiger partial charge in [0.1, 0.15) is 11.6 Å². The average molecular weight is 430 g/mol. The largest absolute Gasteiger partial charge is 0.493 e. The lowest BCUT2D eigenvalue weighted by Crippen LogP contribution is -2.28. The molecule has 0 fully saturated rings. The smallest absolute Gasteiger partial charge is 0.263 e. The van der Waals surface area contributed by atoms with Crippen LogP contribution >= 0.6 is 15.9 Å². The summed E-state index contributed by atoms with van der Waals surface area (Å²) < 4.78 is 11.4. The first kappa shape index (κ1) is 20.3. The molecule has 0 aliphatic carbocycles. The van der Waals surface area contributed by atoms with Crippen LogP contribution < -0.4 is 20.1 Å². The van der Waals surface area contributed by atoms with Gasteiger partial charge in [0.2, 0.25) is 0 Å². The summed E-state index contributed by atoms with van der Waals surface area (Å²) in [6.07, 6.45) is 1.39. The topological polar surface area (TPSA) is 83.4 Å². The van der Waals surface area contributed by atoms with Crippen LogP contribution in [0, 0.1) is 11.3 Å². The number of hydrogen-bond donors (Lipinski definition) is 2. The monoisotopic (exact) mass is 429 g/mol. The van der Waals surface area contributed by atoms with Gasteiger partial charge in [0.25, 0.3) is 5.91 Å². The number of ether oxygens (including phenoxy) is 2. The number of methoxy groups -OCH3 is 2. The molecule has 7 heteroatoms. The third kappa shape index (κ3) is 5.50. The van der Waals surface area contributed by atoms with Crippen molar-refractivity contribution < 1.29 is 14.3 Å². The van der Waals surface area contributed by atoms with Crippen molar-refractivity contribution >= 4 is 27.5 Å². The quantitative estimate of drug-likeness (QED) is 0.509. The normalized spacial score (nSPS) is 11.9. The lowest BCUT2D eigenvalue weighted by atomic mass is 10.1. The number of anilines is 1. The highest BCUT2D eigenvalue weighted by molar-refractivity contribution is 9.10. The Balaban J connectivity index is 2.08. The highest BCUT2D eigenvalue weighted by Crippen LogP contribution is 2.29. The summed E-state index contributed by atoms with van der Waals surface area (Å²) in [5, 5.41) is 15.0. The summed E-state index contributed by atoms with van der Waals surface area (Å²) in [5.74, 6) is 0.713. The molecule has 0 saturated carbocycles. The predicted octanol–water partition coefficient (Wildman–Crippen LogP) is 4.16. The molecule has 0 heterocycles. The van der Waals surface area contributed by atoms with Gasteiger partial charge in [0.15, 0.2) is 11.5 Å². The van der Waals surface area contributed by atoms with E-state index in [0.717, 1.165) is 15.7 Å². The molecular formula is C20H20BrN3O3. The zero-order chi connectivity index (χ0) is 19.8. The van der Waals surface area contributed by atoms with E-state index in [1.54, 1.807) is 26.4 Å². The van der Waals surface area contributed by atoms with E-state index in [4.69, 9.17) is 9.47 Å². The van der Waals surface area contributed by atoms with Crippen LogP contribution in [-0.2, 0) is 4.79 Å². The van der Waals surface area contributed by atoms with E-state index in [1.165, 1.54) is 6.20 Å². The number of nitrogens with one attached hydrogen (secondary N) is 2. The van der Waals surface area contributed by atoms with Gasteiger partial charge in [0, 0.05) is 16.4 Å². The van der Waals surface area contributed by atoms with Gasteiger partial charge < -0.3 is 20.1 Å². The van der Waals surface area contributed by atoms with E-state index >= 15 is 0 Å². The number of benzene rings is 2. The molecule has 2 N–H and O–H groups in total. The van der Waals surface area contributed by atoms with Crippen LogP contribution in [-0.4, -0.2) is 20.1 Å². The fourth-order valence-corrected chi connectivity index (χ4v) is 2.59. The molecule has 2 aromatic rings. The first-order valence-electron chi connectivity index (χ1n) is 8.13. The fraction of sp³-hybridized carbons (Fsp3) is 0.200. The van der Waals surface area contributed by atoms with E-state index in [9.17, 15) is 10.1 Å². The number of carbonyl (C=O) groups is 1. The van der Waals surface area contributed by atoms with Crippen molar-refractivity contribution in [1.82, 2.24) is 5.32 Å². The SMILES string of the molecule is COc1ccc(C(C)NC(=O)/C(C#N)=C\Nc2ccc(Br)cc2)cc1OC. The Morgan fingerprint density at radius 3 is 2.41 bits per heavy atom. The summed E-state index contributed by atoms with van der Waals surface area (Å²) in [6, 6.07) is 14.4. The summed E-state index contributed by atoms with van der Waals surface area (Å²) in [5.41, 5.74) is 1.58. The van der Waals surface area contributed by atoms with Gasteiger partial charge in [-0.1, -0.05) is 22.0 Å². The third-order valence-corrected chi connectivity index (χ3v) is 4.38. The Bertz CT molecular complexity index is 873.